The van der Waals surface area contributed by atoms with Gasteiger partial charge in [0.25, 0.3) is 0 Å². The van der Waals surface area contributed by atoms with Gasteiger partial charge in [0.05, 0.1) is 11.0 Å². The van der Waals surface area contributed by atoms with E-state index in [0.29, 0.717) is 18.3 Å². The predicted octanol–water partition coefficient (Wildman–Crippen LogP) is 0.308. The molecule has 4 aliphatic rings. The summed E-state index contributed by atoms with van der Waals surface area (Å²) in [7, 11) is 0. The van der Waals surface area contributed by atoms with Crippen LogP contribution < -0.4 is 11.3 Å². The maximum atomic E-state index is 11.9. The molecule has 0 aromatic heterocycles. The van der Waals surface area contributed by atoms with Crippen molar-refractivity contribution in [1.82, 2.24) is 5.43 Å². The lowest BCUT2D eigenvalue weighted by Gasteiger charge is -2.59. The highest BCUT2D eigenvalue weighted by atomic mass is 16.3. The number of nitrogens with two attached hydrogens (primary N) is 1. The summed E-state index contributed by atoms with van der Waals surface area (Å²) in [5.74, 6) is 6.27. The molecule has 84 valence electrons. The first kappa shape index (κ1) is 9.60. The Morgan fingerprint density at radius 1 is 1.27 bits per heavy atom. The molecule has 0 radical (unpaired) electrons. The van der Waals surface area contributed by atoms with Crippen molar-refractivity contribution in [2.24, 2.45) is 23.1 Å². The van der Waals surface area contributed by atoms with E-state index >= 15 is 0 Å². The summed E-state index contributed by atoms with van der Waals surface area (Å²) in [4.78, 5) is 11.9. The van der Waals surface area contributed by atoms with Crippen LogP contribution in [0.5, 0.6) is 0 Å². The topological polar surface area (TPSA) is 75.3 Å². The minimum Gasteiger partial charge on any atom is -0.390 e. The van der Waals surface area contributed by atoms with Gasteiger partial charge in [-0.25, -0.2) is 5.84 Å². The molecule has 0 aromatic rings. The summed E-state index contributed by atoms with van der Waals surface area (Å²) < 4.78 is 0. The van der Waals surface area contributed by atoms with E-state index in [1.54, 1.807) is 0 Å². The third-order valence-electron chi connectivity index (χ3n) is 4.64. The number of hydrogen-bond acceptors (Lipinski definition) is 3. The molecule has 4 fully saturated rings. The Bertz CT molecular complexity index is 302. The number of amides is 1. The zero-order valence-corrected chi connectivity index (χ0v) is 8.83. The third kappa shape index (κ3) is 1.24. The number of hydrogen-bond donors (Lipinski definition) is 3. The van der Waals surface area contributed by atoms with E-state index in [2.05, 4.69) is 5.43 Å². The molecule has 4 nitrogen and oxygen atoms in total. The van der Waals surface area contributed by atoms with Crippen molar-refractivity contribution in [2.45, 2.75) is 44.1 Å². The molecule has 0 aromatic carbocycles. The molecule has 15 heavy (non-hydrogen) atoms. The van der Waals surface area contributed by atoms with E-state index in [9.17, 15) is 9.90 Å². The fraction of sp³-hybridized carbons (Fsp3) is 0.909. The van der Waals surface area contributed by atoms with E-state index in [0.717, 1.165) is 25.7 Å². The highest BCUT2D eigenvalue weighted by Gasteiger charge is 2.59. The van der Waals surface area contributed by atoms with Crippen LogP contribution in [0.2, 0.25) is 0 Å². The first-order valence-corrected chi connectivity index (χ1v) is 5.79. The standard InChI is InChI=1S/C11H18N2O2/c12-13-9(14)10-2-7-1-8(3-10)5-11(15,4-7)6-10/h7-8,15H,1-6,12H2,(H,13,14)/t7-,8-,10?,11?/m1/s1. The summed E-state index contributed by atoms with van der Waals surface area (Å²) in [5.41, 5.74) is 1.36. The largest absolute Gasteiger partial charge is 0.390 e. The second kappa shape index (κ2) is 2.74. The molecule has 4 saturated carbocycles. The maximum absolute atomic E-state index is 11.9. The molecule has 1 amide bonds. The Kier molecular flexibility index (Phi) is 1.75. The maximum Gasteiger partial charge on any atom is 0.240 e. The lowest BCUT2D eigenvalue weighted by atomic mass is 9.47. The Labute approximate surface area is 89.2 Å². The first-order chi connectivity index (χ1) is 7.05. The Morgan fingerprint density at radius 3 is 2.33 bits per heavy atom. The van der Waals surface area contributed by atoms with Crippen molar-refractivity contribution in [2.75, 3.05) is 0 Å². The molecule has 0 saturated heterocycles. The Balaban J connectivity index is 1.96. The summed E-state index contributed by atoms with van der Waals surface area (Å²) in [6.45, 7) is 0. The number of carbonyl (C=O) groups excluding carboxylic acids is 1. The van der Waals surface area contributed by atoms with Crippen LogP contribution in [0.15, 0.2) is 0 Å². The minimum absolute atomic E-state index is 0.0602. The van der Waals surface area contributed by atoms with Crippen LogP contribution in [-0.4, -0.2) is 16.6 Å². The van der Waals surface area contributed by atoms with Crippen molar-refractivity contribution < 1.29 is 9.90 Å². The van der Waals surface area contributed by atoms with Gasteiger partial charge in [-0.05, 0) is 50.4 Å². The predicted molar refractivity (Wildman–Crippen MR) is 54.4 cm³/mol. The van der Waals surface area contributed by atoms with E-state index < -0.39 is 5.60 Å². The molecule has 4 heteroatoms. The third-order valence-corrected chi connectivity index (χ3v) is 4.64. The summed E-state index contributed by atoms with van der Waals surface area (Å²) >= 11 is 0. The molecule has 0 spiro atoms. The number of rotatable bonds is 1. The van der Waals surface area contributed by atoms with Gasteiger partial charge in [0.2, 0.25) is 5.91 Å². The van der Waals surface area contributed by atoms with E-state index in [-0.39, 0.29) is 11.3 Å². The van der Waals surface area contributed by atoms with Crippen LogP contribution in [0.4, 0.5) is 0 Å². The summed E-state index contributed by atoms with van der Waals surface area (Å²) in [6, 6.07) is 0. The molecule has 4 aliphatic carbocycles. The molecule has 4 N–H and O–H groups in total. The smallest absolute Gasteiger partial charge is 0.240 e. The molecular formula is C11H18N2O2. The average molecular weight is 210 g/mol. The van der Waals surface area contributed by atoms with Crippen molar-refractivity contribution in [3.8, 4) is 0 Å². The van der Waals surface area contributed by atoms with Gasteiger partial charge in [-0.2, -0.15) is 0 Å². The molecule has 0 heterocycles. The van der Waals surface area contributed by atoms with Gasteiger partial charge in [-0.15, -0.1) is 0 Å². The van der Waals surface area contributed by atoms with Crippen LogP contribution in [0, 0.1) is 17.3 Å². The van der Waals surface area contributed by atoms with Gasteiger partial charge >= 0.3 is 0 Å². The second-order valence-corrected chi connectivity index (χ2v) is 5.94. The number of hydrazine groups is 1. The average Bonchev–Trinajstić information content (AvgIpc) is 2.12. The Hall–Kier alpha value is -0.610. The fourth-order valence-electron chi connectivity index (χ4n) is 4.63. The summed E-state index contributed by atoms with van der Waals surface area (Å²) in [6.07, 6.45) is 5.45. The first-order valence-electron chi connectivity index (χ1n) is 5.79. The van der Waals surface area contributed by atoms with Gasteiger partial charge in [-0.1, -0.05) is 0 Å². The van der Waals surface area contributed by atoms with Crippen LogP contribution in [-0.2, 0) is 4.79 Å². The summed E-state index contributed by atoms with van der Waals surface area (Å²) in [5, 5.41) is 10.4. The van der Waals surface area contributed by atoms with Crippen molar-refractivity contribution in [3.63, 3.8) is 0 Å². The van der Waals surface area contributed by atoms with Crippen molar-refractivity contribution in [1.29, 1.82) is 0 Å². The molecular weight excluding hydrogens is 192 g/mol. The minimum atomic E-state index is -0.573. The van der Waals surface area contributed by atoms with Gasteiger partial charge in [0, 0.05) is 0 Å². The molecule has 2 atom stereocenters. The zero-order chi connectivity index (χ0) is 10.7. The van der Waals surface area contributed by atoms with E-state index in [4.69, 9.17) is 5.84 Å². The number of carbonyl (C=O) groups is 1. The monoisotopic (exact) mass is 210 g/mol. The Morgan fingerprint density at radius 2 is 1.87 bits per heavy atom. The fourth-order valence-corrected chi connectivity index (χ4v) is 4.63. The van der Waals surface area contributed by atoms with Crippen LogP contribution in [0.25, 0.3) is 0 Å². The van der Waals surface area contributed by atoms with Crippen LogP contribution in [0.3, 0.4) is 0 Å². The molecule has 4 bridgehead atoms. The number of nitrogens with one attached hydrogen (secondary N) is 1. The highest BCUT2D eigenvalue weighted by molar-refractivity contribution is 5.82. The van der Waals surface area contributed by atoms with Gasteiger partial charge in [-0.3, -0.25) is 10.2 Å². The molecule has 4 rings (SSSR count). The molecule has 0 unspecified atom stereocenters. The van der Waals surface area contributed by atoms with Crippen LogP contribution >= 0.6 is 0 Å². The second-order valence-electron chi connectivity index (χ2n) is 5.94. The highest BCUT2D eigenvalue weighted by Crippen LogP contribution is 2.61. The van der Waals surface area contributed by atoms with E-state index in [1.807, 2.05) is 0 Å². The van der Waals surface area contributed by atoms with E-state index in [1.165, 1.54) is 6.42 Å². The normalized spacial score (nSPS) is 51.9. The lowest BCUT2D eigenvalue weighted by Crippen LogP contribution is -2.61. The van der Waals surface area contributed by atoms with Crippen molar-refractivity contribution in [3.05, 3.63) is 0 Å². The lowest BCUT2D eigenvalue weighted by molar-refractivity contribution is -0.178. The van der Waals surface area contributed by atoms with Crippen LogP contribution in [0.1, 0.15) is 38.5 Å². The van der Waals surface area contributed by atoms with Crippen molar-refractivity contribution >= 4 is 5.91 Å². The SMILES string of the molecule is NNC(=O)C12C[C@H]3C[C@@H](CC(O)(C3)C1)C2. The molecule has 0 aliphatic heterocycles. The number of aliphatic hydroxyl groups is 1. The van der Waals surface area contributed by atoms with Gasteiger partial charge < -0.3 is 5.11 Å². The quantitative estimate of drug-likeness (QED) is 0.331. The zero-order valence-electron chi connectivity index (χ0n) is 8.83. The van der Waals surface area contributed by atoms with Gasteiger partial charge in [0.15, 0.2) is 0 Å². The van der Waals surface area contributed by atoms with Gasteiger partial charge in [0.1, 0.15) is 0 Å².